The molecule has 0 aliphatic carbocycles. The molecule has 0 saturated carbocycles. The van der Waals surface area contributed by atoms with Gasteiger partial charge in [-0.3, -0.25) is 14.7 Å². The molecule has 9 heteroatoms. The third-order valence-corrected chi connectivity index (χ3v) is 5.08. The molecule has 0 unspecified atom stereocenters. The van der Waals surface area contributed by atoms with Crippen LogP contribution in [-0.2, 0) is 16.9 Å². The Morgan fingerprint density at radius 1 is 1.00 bits per heavy atom. The highest BCUT2D eigenvalue weighted by Crippen LogP contribution is 2.24. The smallest absolute Gasteiger partial charge is 0.301 e. The van der Waals surface area contributed by atoms with Crippen molar-refractivity contribution in [2.75, 3.05) is 6.26 Å². The molecule has 0 aliphatic heterocycles. The Labute approximate surface area is 149 Å². The Morgan fingerprint density at radius 3 is 2.08 bits per heavy atom. The molecule has 1 aromatic heterocycles. The Morgan fingerprint density at radius 2 is 1.58 bits per heavy atom. The summed E-state index contributed by atoms with van der Waals surface area (Å²) >= 11 is 0. The fourth-order valence-electron chi connectivity index (χ4n) is 2.61. The van der Waals surface area contributed by atoms with Gasteiger partial charge in [0.25, 0.3) is 5.69 Å². The van der Waals surface area contributed by atoms with Crippen LogP contribution in [0.15, 0.2) is 64.4 Å². The lowest BCUT2D eigenvalue weighted by atomic mass is 10.1. The molecule has 134 valence electrons. The zero-order valence-corrected chi connectivity index (χ0v) is 14.8. The van der Waals surface area contributed by atoms with E-state index < -0.39 is 14.8 Å². The van der Waals surface area contributed by atoms with E-state index in [1.165, 1.54) is 45.5 Å². The van der Waals surface area contributed by atoms with Crippen LogP contribution in [0.3, 0.4) is 0 Å². The summed E-state index contributed by atoms with van der Waals surface area (Å²) in [5.41, 5.74) is 1.28. The normalized spacial score (nSPS) is 11.5. The minimum atomic E-state index is -3.32. The first-order valence-corrected chi connectivity index (χ1v) is 9.41. The third-order valence-electron chi connectivity index (χ3n) is 3.95. The van der Waals surface area contributed by atoms with Gasteiger partial charge in [-0.15, -0.1) is 0 Å². The summed E-state index contributed by atoms with van der Waals surface area (Å²) in [5, 5.41) is 10.8. The highest BCUT2D eigenvalue weighted by atomic mass is 32.2. The maximum absolute atomic E-state index is 12.5. The lowest BCUT2D eigenvalue weighted by Gasteiger charge is -2.08. The number of nitrogens with zero attached hydrogens (tertiary/aromatic N) is 3. The standard InChI is InChI=1S/C17H15N3O5S/c1-18-11-16(12-3-9-15(10-4-12)26(2,24)25)19(17(18)21)13-5-7-14(8-6-13)20(22)23/h3-11H,1-2H3. The fraction of sp³-hybridized carbons (Fsp3) is 0.118. The summed E-state index contributed by atoms with van der Waals surface area (Å²) < 4.78 is 26.0. The van der Waals surface area contributed by atoms with Gasteiger partial charge >= 0.3 is 5.69 Å². The van der Waals surface area contributed by atoms with Gasteiger partial charge in [0.2, 0.25) is 0 Å². The van der Waals surface area contributed by atoms with E-state index >= 15 is 0 Å². The third kappa shape index (κ3) is 3.16. The molecular weight excluding hydrogens is 358 g/mol. The fourth-order valence-corrected chi connectivity index (χ4v) is 3.24. The number of aromatic nitrogens is 2. The molecule has 3 aromatic rings. The Hall–Kier alpha value is -3.20. The van der Waals surface area contributed by atoms with Crippen molar-refractivity contribution >= 4 is 15.5 Å². The topological polar surface area (TPSA) is 104 Å². The van der Waals surface area contributed by atoms with E-state index in [1.54, 1.807) is 25.4 Å². The van der Waals surface area contributed by atoms with Crippen molar-refractivity contribution in [2.45, 2.75) is 4.90 Å². The number of rotatable bonds is 4. The predicted molar refractivity (Wildman–Crippen MR) is 96.2 cm³/mol. The van der Waals surface area contributed by atoms with E-state index in [4.69, 9.17) is 0 Å². The van der Waals surface area contributed by atoms with Crippen LogP contribution in [0.2, 0.25) is 0 Å². The van der Waals surface area contributed by atoms with Crippen LogP contribution in [-0.4, -0.2) is 28.7 Å². The van der Waals surface area contributed by atoms with Gasteiger partial charge in [-0.1, -0.05) is 12.1 Å². The summed E-state index contributed by atoms with van der Waals surface area (Å²) in [4.78, 5) is 23.0. The van der Waals surface area contributed by atoms with Crippen LogP contribution in [0.5, 0.6) is 0 Å². The molecule has 2 aromatic carbocycles. The van der Waals surface area contributed by atoms with Gasteiger partial charge in [-0.05, 0) is 24.3 Å². The van der Waals surface area contributed by atoms with Crippen LogP contribution in [0.1, 0.15) is 0 Å². The molecule has 26 heavy (non-hydrogen) atoms. The van der Waals surface area contributed by atoms with Crippen LogP contribution in [0.25, 0.3) is 16.9 Å². The maximum Gasteiger partial charge on any atom is 0.332 e. The van der Waals surface area contributed by atoms with Crippen molar-refractivity contribution in [3.8, 4) is 16.9 Å². The van der Waals surface area contributed by atoms with Crippen molar-refractivity contribution in [3.05, 3.63) is 75.3 Å². The highest BCUT2D eigenvalue weighted by molar-refractivity contribution is 7.90. The summed E-state index contributed by atoms with van der Waals surface area (Å²) in [7, 11) is -1.72. The number of imidazole rings is 1. The number of benzene rings is 2. The molecule has 3 rings (SSSR count). The van der Waals surface area contributed by atoms with Gasteiger partial charge in [0.15, 0.2) is 9.84 Å². The maximum atomic E-state index is 12.5. The second-order valence-corrected chi connectivity index (χ2v) is 7.83. The number of nitro groups is 1. The monoisotopic (exact) mass is 373 g/mol. The van der Waals surface area contributed by atoms with E-state index in [0.29, 0.717) is 16.9 Å². The quantitative estimate of drug-likeness (QED) is 0.515. The molecule has 1 heterocycles. The lowest BCUT2D eigenvalue weighted by molar-refractivity contribution is -0.384. The van der Waals surface area contributed by atoms with Crippen molar-refractivity contribution in [1.82, 2.24) is 9.13 Å². The summed E-state index contributed by atoms with van der Waals surface area (Å²) in [6.45, 7) is 0. The van der Waals surface area contributed by atoms with Gasteiger partial charge < -0.3 is 4.57 Å². The van der Waals surface area contributed by atoms with Crippen LogP contribution >= 0.6 is 0 Å². The Balaban J connectivity index is 2.14. The molecule has 0 spiro atoms. The molecule has 8 nitrogen and oxygen atoms in total. The minimum Gasteiger partial charge on any atom is -0.301 e. The second kappa shape index (κ2) is 6.26. The average Bonchev–Trinajstić information content (AvgIpc) is 2.89. The lowest BCUT2D eigenvalue weighted by Crippen LogP contribution is -2.21. The first kappa shape index (κ1) is 17.6. The Kier molecular flexibility index (Phi) is 4.25. The predicted octanol–water partition coefficient (Wildman–Crippen LogP) is 2.15. The number of sulfone groups is 1. The molecule has 0 fully saturated rings. The van der Waals surface area contributed by atoms with Gasteiger partial charge in [0.1, 0.15) is 0 Å². The summed E-state index contributed by atoms with van der Waals surface area (Å²) in [5.74, 6) is 0. The average molecular weight is 373 g/mol. The largest absolute Gasteiger partial charge is 0.332 e. The van der Waals surface area contributed by atoms with E-state index in [9.17, 15) is 23.3 Å². The van der Waals surface area contributed by atoms with Gasteiger partial charge in [0, 0.05) is 37.2 Å². The van der Waals surface area contributed by atoms with E-state index in [1.807, 2.05) is 0 Å². The van der Waals surface area contributed by atoms with Gasteiger partial charge in [-0.2, -0.15) is 0 Å². The highest BCUT2D eigenvalue weighted by Gasteiger charge is 2.15. The van der Waals surface area contributed by atoms with Gasteiger partial charge in [-0.25, -0.2) is 13.2 Å². The van der Waals surface area contributed by atoms with Crippen LogP contribution in [0, 0.1) is 10.1 Å². The number of non-ortho nitro benzene ring substituents is 1. The number of nitro benzene ring substituents is 1. The molecule has 0 N–H and O–H groups in total. The van der Waals surface area contributed by atoms with E-state index in [-0.39, 0.29) is 16.3 Å². The molecular formula is C17H15N3O5S. The Bertz CT molecular complexity index is 1140. The molecule has 0 bridgehead atoms. The van der Waals surface area contributed by atoms with Crippen molar-refractivity contribution in [3.63, 3.8) is 0 Å². The number of hydrogen-bond acceptors (Lipinski definition) is 5. The number of hydrogen-bond donors (Lipinski definition) is 0. The molecule has 0 radical (unpaired) electrons. The number of aryl methyl sites for hydroxylation is 1. The minimum absolute atomic E-state index is 0.0724. The van der Waals surface area contributed by atoms with Gasteiger partial charge in [0.05, 0.1) is 21.2 Å². The molecule has 0 amide bonds. The molecule has 0 atom stereocenters. The SMILES string of the molecule is Cn1cc(-c2ccc(S(C)(=O)=O)cc2)n(-c2ccc([N+](=O)[O-])cc2)c1=O. The first-order chi connectivity index (χ1) is 12.2. The van der Waals surface area contributed by atoms with E-state index in [0.717, 1.165) is 6.26 Å². The summed E-state index contributed by atoms with van der Waals surface area (Å²) in [6.07, 6.45) is 2.75. The first-order valence-electron chi connectivity index (χ1n) is 7.52. The molecule has 0 aliphatic rings. The van der Waals surface area contributed by atoms with Crippen LogP contribution in [0.4, 0.5) is 5.69 Å². The zero-order valence-electron chi connectivity index (χ0n) is 14.0. The zero-order chi connectivity index (χ0) is 19.1. The van der Waals surface area contributed by atoms with Crippen molar-refractivity contribution < 1.29 is 13.3 Å². The van der Waals surface area contributed by atoms with Crippen molar-refractivity contribution in [1.29, 1.82) is 0 Å². The van der Waals surface area contributed by atoms with Crippen LogP contribution < -0.4 is 5.69 Å². The van der Waals surface area contributed by atoms with E-state index in [2.05, 4.69) is 0 Å². The molecule has 0 saturated heterocycles. The second-order valence-electron chi connectivity index (χ2n) is 5.81. The summed E-state index contributed by atoms with van der Waals surface area (Å²) in [6, 6.07) is 11.8. The van der Waals surface area contributed by atoms with Crippen molar-refractivity contribution in [2.24, 2.45) is 7.05 Å².